The van der Waals surface area contributed by atoms with Gasteiger partial charge in [-0.15, -0.1) is 0 Å². The van der Waals surface area contributed by atoms with E-state index in [1.807, 2.05) is 0 Å². The molecule has 0 fully saturated rings. The van der Waals surface area contributed by atoms with E-state index in [0.717, 1.165) is 12.8 Å². The molecule has 0 aliphatic heterocycles. The quantitative estimate of drug-likeness (QED) is 0.0497. The Morgan fingerprint density at radius 3 is 0.867 bits per heavy atom. The summed E-state index contributed by atoms with van der Waals surface area (Å²) in [5.41, 5.74) is -0.248. The maximum Gasteiger partial charge on any atom is 0.314 e. The molecule has 0 aromatic rings. The lowest BCUT2D eigenvalue weighted by Gasteiger charge is -2.50. The Labute approximate surface area is 287 Å². The van der Waals surface area contributed by atoms with Gasteiger partial charge >= 0.3 is 5.97 Å². The van der Waals surface area contributed by atoms with Crippen LogP contribution in [0.3, 0.4) is 0 Å². The summed E-state index contributed by atoms with van der Waals surface area (Å²) >= 11 is 0. The van der Waals surface area contributed by atoms with Crippen molar-refractivity contribution in [3.8, 4) is 0 Å². The van der Waals surface area contributed by atoms with Crippen LogP contribution in [-0.2, 0) is 9.32 Å². The van der Waals surface area contributed by atoms with Crippen molar-refractivity contribution in [1.82, 2.24) is 0 Å². The molecule has 0 aliphatic carbocycles. The summed E-state index contributed by atoms with van der Waals surface area (Å²) in [5.74, 6) is 0.117. The highest BCUT2D eigenvalue weighted by Gasteiger charge is 2.54. The van der Waals surface area contributed by atoms with Crippen molar-refractivity contribution in [3.63, 3.8) is 0 Å². The van der Waals surface area contributed by atoms with Crippen molar-refractivity contribution in [2.45, 2.75) is 253 Å². The highest BCUT2D eigenvalue weighted by Crippen LogP contribution is 2.57. The van der Waals surface area contributed by atoms with Crippen LogP contribution >= 0.6 is 9.47 Å². The SMILES string of the molecule is CCCCCCCCCCCCCCC(CCCCCC)(C(=O)OP)C(CCCCCC)(CCCCCC)CCCCCCC. The molecule has 2 nitrogen and oxygen atoms in total. The first-order valence-electron chi connectivity index (χ1n) is 20.9. The van der Waals surface area contributed by atoms with Crippen LogP contribution < -0.4 is 0 Å². The highest BCUT2D eigenvalue weighted by atomic mass is 31.0. The maximum absolute atomic E-state index is 14.3. The molecule has 0 aliphatic rings. The topological polar surface area (TPSA) is 26.3 Å². The lowest BCUT2D eigenvalue weighted by atomic mass is 9.53. The number of rotatable bonds is 36. The number of carbonyl (C=O) groups excluding carboxylic acids is 1. The van der Waals surface area contributed by atoms with Gasteiger partial charge in [0.1, 0.15) is 0 Å². The average Bonchev–Trinajstić information content (AvgIpc) is 3.05. The normalized spacial score (nSPS) is 13.3. The minimum absolute atomic E-state index is 0.0817. The second kappa shape index (κ2) is 32.4. The van der Waals surface area contributed by atoms with Crippen molar-refractivity contribution >= 4 is 15.4 Å². The summed E-state index contributed by atoms with van der Waals surface area (Å²) in [6, 6.07) is 0. The van der Waals surface area contributed by atoms with Gasteiger partial charge in [0, 0.05) is 0 Å². The molecule has 0 saturated heterocycles. The van der Waals surface area contributed by atoms with Gasteiger partial charge in [0.25, 0.3) is 0 Å². The third-order valence-electron chi connectivity index (χ3n) is 11.2. The van der Waals surface area contributed by atoms with Gasteiger partial charge in [-0.25, -0.2) is 0 Å². The summed E-state index contributed by atoms with van der Waals surface area (Å²) < 4.78 is 5.81. The second-order valence-corrected chi connectivity index (χ2v) is 15.2. The molecule has 2 unspecified atom stereocenters. The lowest BCUT2D eigenvalue weighted by molar-refractivity contribution is -0.159. The molecular formula is C42H85O2P. The van der Waals surface area contributed by atoms with Crippen molar-refractivity contribution in [2.24, 2.45) is 10.8 Å². The van der Waals surface area contributed by atoms with Crippen LogP contribution in [0.5, 0.6) is 0 Å². The largest absolute Gasteiger partial charge is 0.451 e. The number of carbonyl (C=O) groups is 1. The predicted molar refractivity (Wildman–Crippen MR) is 206 cm³/mol. The van der Waals surface area contributed by atoms with E-state index >= 15 is 0 Å². The van der Waals surface area contributed by atoms with Gasteiger partial charge in [0.2, 0.25) is 0 Å². The van der Waals surface area contributed by atoms with Crippen LogP contribution in [0, 0.1) is 10.8 Å². The fourth-order valence-corrected chi connectivity index (χ4v) is 8.48. The summed E-state index contributed by atoms with van der Waals surface area (Å²) in [7, 11) is 2.40. The molecule has 0 bridgehead atoms. The summed E-state index contributed by atoms with van der Waals surface area (Å²) in [5, 5.41) is 0. The molecule has 2 atom stereocenters. The fraction of sp³-hybridized carbons (Fsp3) is 0.976. The van der Waals surface area contributed by atoms with Gasteiger partial charge < -0.3 is 4.52 Å². The highest BCUT2D eigenvalue weighted by molar-refractivity contribution is 7.10. The van der Waals surface area contributed by atoms with Crippen LogP contribution in [0.1, 0.15) is 253 Å². The van der Waals surface area contributed by atoms with E-state index in [9.17, 15) is 4.79 Å². The van der Waals surface area contributed by atoms with Crippen molar-refractivity contribution in [2.75, 3.05) is 0 Å². The van der Waals surface area contributed by atoms with Crippen LogP contribution in [0.2, 0.25) is 0 Å². The van der Waals surface area contributed by atoms with Gasteiger partial charge in [-0.05, 0) is 37.5 Å². The summed E-state index contributed by atoms with van der Waals surface area (Å²) in [6.07, 6.45) is 44.0. The first-order chi connectivity index (χ1) is 22.0. The lowest BCUT2D eigenvalue weighted by Crippen LogP contribution is -2.48. The molecule has 0 rings (SSSR count). The molecule has 3 heteroatoms. The minimum Gasteiger partial charge on any atom is -0.451 e. The molecule has 0 heterocycles. The van der Waals surface area contributed by atoms with E-state index < -0.39 is 0 Å². The Morgan fingerprint density at radius 1 is 0.378 bits per heavy atom. The molecule has 0 saturated carbocycles. The first kappa shape index (κ1) is 44.9. The Balaban J connectivity index is 5.91. The molecule has 0 N–H and O–H groups in total. The van der Waals surface area contributed by atoms with Crippen LogP contribution in [0.25, 0.3) is 0 Å². The van der Waals surface area contributed by atoms with Crippen molar-refractivity contribution in [1.29, 1.82) is 0 Å². The number of hydrogen-bond acceptors (Lipinski definition) is 2. The zero-order valence-electron chi connectivity index (χ0n) is 31.9. The van der Waals surface area contributed by atoms with E-state index in [-0.39, 0.29) is 16.8 Å². The van der Waals surface area contributed by atoms with Crippen LogP contribution in [0.15, 0.2) is 0 Å². The van der Waals surface area contributed by atoms with Gasteiger partial charge in [0.05, 0.1) is 14.9 Å². The fourth-order valence-electron chi connectivity index (χ4n) is 8.25. The predicted octanol–water partition coefficient (Wildman–Crippen LogP) is 15.7. The molecular weight excluding hydrogens is 567 g/mol. The van der Waals surface area contributed by atoms with Crippen molar-refractivity contribution in [3.05, 3.63) is 0 Å². The van der Waals surface area contributed by atoms with E-state index in [0.29, 0.717) is 0 Å². The van der Waals surface area contributed by atoms with E-state index in [2.05, 4.69) is 44.1 Å². The number of hydrogen-bond donors (Lipinski definition) is 0. The summed E-state index contributed by atoms with van der Waals surface area (Å²) in [4.78, 5) is 14.3. The molecule has 0 aromatic heterocycles. The second-order valence-electron chi connectivity index (χ2n) is 15.0. The van der Waals surface area contributed by atoms with Gasteiger partial charge in [0.15, 0.2) is 0 Å². The van der Waals surface area contributed by atoms with E-state index in [1.54, 1.807) is 0 Å². The molecule has 270 valence electrons. The van der Waals surface area contributed by atoms with Gasteiger partial charge in [-0.1, -0.05) is 221 Å². The average molecular weight is 653 g/mol. The smallest absolute Gasteiger partial charge is 0.314 e. The monoisotopic (exact) mass is 653 g/mol. The Kier molecular flexibility index (Phi) is 32.4. The third kappa shape index (κ3) is 20.8. The molecule has 0 aromatic carbocycles. The van der Waals surface area contributed by atoms with Gasteiger partial charge in [-0.2, -0.15) is 0 Å². The Morgan fingerprint density at radius 2 is 0.600 bits per heavy atom. The molecule has 45 heavy (non-hydrogen) atoms. The van der Waals surface area contributed by atoms with Crippen LogP contribution in [-0.4, -0.2) is 5.97 Å². The standard InChI is InChI=1S/C42H85O2P/c1-6-11-16-21-22-23-24-25-26-27-29-34-39-42(40(43)44-45,38-33-20-15-10-5)41(35-30-18-13-8-3,36-31-19-14-9-4)37-32-28-17-12-7-2/h6-39,45H2,1-5H3. The first-order valence-corrected chi connectivity index (χ1v) is 21.4. The van der Waals surface area contributed by atoms with E-state index in [4.69, 9.17) is 4.52 Å². The zero-order chi connectivity index (χ0) is 33.3. The molecule has 0 spiro atoms. The third-order valence-corrected chi connectivity index (χ3v) is 11.4. The Hall–Kier alpha value is -0.100. The van der Waals surface area contributed by atoms with Gasteiger partial charge in [-0.3, -0.25) is 4.79 Å². The maximum atomic E-state index is 14.3. The van der Waals surface area contributed by atoms with Crippen LogP contribution in [0.4, 0.5) is 0 Å². The Bertz CT molecular complexity index is 608. The molecule has 0 amide bonds. The zero-order valence-corrected chi connectivity index (χ0v) is 33.1. The van der Waals surface area contributed by atoms with E-state index in [1.165, 1.54) is 205 Å². The minimum atomic E-state index is -0.329. The van der Waals surface area contributed by atoms with Crippen molar-refractivity contribution < 1.29 is 9.32 Å². The molecule has 0 radical (unpaired) electrons. The number of unbranched alkanes of at least 4 members (excludes halogenated alkanes) is 24. The summed E-state index contributed by atoms with van der Waals surface area (Å²) in [6.45, 7) is 11.6.